The first-order chi connectivity index (χ1) is 10.2. The van der Waals surface area contributed by atoms with Crippen LogP contribution in [-0.4, -0.2) is 12.9 Å². The van der Waals surface area contributed by atoms with Crippen LogP contribution in [0.25, 0.3) is 0 Å². The van der Waals surface area contributed by atoms with Crippen LogP contribution in [0.1, 0.15) is 40.2 Å². The van der Waals surface area contributed by atoms with Crippen molar-refractivity contribution in [3.8, 4) is 5.75 Å². The highest BCUT2D eigenvalue weighted by Gasteiger charge is 2.27. The van der Waals surface area contributed by atoms with Gasteiger partial charge in [0.25, 0.3) is 0 Å². The Morgan fingerprint density at radius 1 is 1.24 bits per heavy atom. The summed E-state index contributed by atoms with van der Waals surface area (Å²) in [4.78, 5) is 12.8. The molecule has 0 fully saturated rings. The van der Waals surface area contributed by atoms with Crippen LogP contribution in [0.15, 0.2) is 42.5 Å². The number of fused-ring (bicyclic) bond motifs is 1. The first-order valence-electron chi connectivity index (χ1n) is 7.16. The van der Waals surface area contributed by atoms with Gasteiger partial charge in [0.15, 0.2) is 17.3 Å². The Labute approximate surface area is 123 Å². The van der Waals surface area contributed by atoms with Gasteiger partial charge in [0.1, 0.15) is 0 Å². The summed E-state index contributed by atoms with van der Waals surface area (Å²) in [6.45, 7) is 0. The zero-order chi connectivity index (χ0) is 14.8. The average molecular weight is 284 g/mol. The number of Topliss-reactive ketones (excluding diaryl/α,β-unsaturated/α-hetero) is 1. The number of hydrogen-bond acceptors (Lipinski definition) is 2. The van der Waals surface area contributed by atoms with Crippen molar-refractivity contribution in [3.05, 3.63) is 65.0 Å². The Morgan fingerprint density at radius 3 is 2.86 bits per heavy atom. The summed E-state index contributed by atoms with van der Waals surface area (Å²) in [5.41, 5.74) is 2.86. The smallest absolute Gasteiger partial charge is 0.170 e. The molecule has 2 aromatic rings. The molecule has 2 aromatic carbocycles. The highest BCUT2D eigenvalue weighted by molar-refractivity contribution is 6.01. The molecule has 1 aliphatic carbocycles. The van der Waals surface area contributed by atoms with Crippen molar-refractivity contribution in [1.29, 1.82) is 0 Å². The van der Waals surface area contributed by atoms with E-state index in [1.54, 1.807) is 0 Å². The van der Waals surface area contributed by atoms with Crippen LogP contribution in [-0.2, 0) is 6.42 Å². The number of methoxy groups -OCH3 is 1. The van der Waals surface area contributed by atoms with Gasteiger partial charge in [-0.05, 0) is 48.6 Å². The van der Waals surface area contributed by atoms with Crippen molar-refractivity contribution in [2.75, 3.05) is 7.11 Å². The van der Waals surface area contributed by atoms with E-state index < -0.39 is 5.82 Å². The van der Waals surface area contributed by atoms with Crippen molar-refractivity contribution >= 4 is 5.78 Å². The van der Waals surface area contributed by atoms with Gasteiger partial charge in [-0.25, -0.2) is 4.39 Å². The predicted molar refractivity (Wildman–Crippen MR) is 79.4 cm³/mol. The number of ether oxygens (including phenoxy) is 1. The molecule has 0 amide bonds. The predicted octanol–water partition coefficient (Wildman–Crippen LogP) is 4.14. The minimum atomic E-state index is -0.446. The summed E-state index contributed by atoms with van der Waals surface area (Å²) < 4.78 is 18.4. The second-order valence-corrected chi connectivity index (χ2v) is 5.36. The SMILES string of the molecule is COc1cc(C(=O)C2CCCc3ccccc32)ccc1F. The molecule has 108 valence electrons. The molecule has 0 aliphatic heterocycles. The standard InChI is InChI=1S/C18H17FO2/c1-21-17-11-13(9-10-16(17)19)18(20)15-8-4-6-12-5-2-3-7-14(12)15/h2-3,5,7,9-11,15H,4,6,8H2,1H3. The minimum Gasteiger partial charge on any atom is -0.494 e. The largest absolute Gasteiger partial charge is 0.494 e. The lowest BCUT2D eigenvalue weighted by Crippen LogP contribution is -2.18. The lowest BCUT2D eigenvalue weighted by atomic mass is 9.79. The number of ketones is 1. The summed E-state index contributed by atoms with van der Waals surface area (Å²) in [5, 5.41) is 0. The molecule has 0 bridgehead atoms. The lowest BCUT2D eigenvalue weighted by molar-refractivity contribution is 0.0950. The van der Waals surface area contributed by atoms with E-state index >= 15 is 0 Å². The van der Waals surface area contributed by atoms with E-state index in [4.69, 9.17) is 4.74 Å². The molecule has 0 spiro atoms. The van der Waals surface area contributed by atoms with E-state index in [9.17, 15) is 9.18 Å². The summed E-state index contributed by atoms with van der Waals surface area (Å²) in [6, 6.07) is 12.4. The van der Waals surface area contributed by atoms with Crippen LogP contribution < -0.4 is 4.74 Å². The van der Waals surface area contributed by atoms with E-state index in [-0.39, 0.29) is 17.5 Å². The van der Waals surface area contributed by atoms with Gasteiger partial charge >= 0.3 is 0 Å². The monoisotopic (exact) mass is 284 g/mol. The number of carbonyl (C=O) groups is 1. The van der Waals surface area contributed by atoms with Crippen molar-refractivity contribution < 1.29 is 13.9 Å². The Balaban J connectivity index is 1.96. The summed E-state index contributed by atoms with van der Waals surface area (Å²) in [6.07, 6.45) is 2.87. The maximum Gasteiger partial charge on any atom is 0.170 e. The van der Waals surface area contributed by atoms with Crippen LogP contribution in [0.2, 0.25) is 0 Å². The first kappa shape index (κ1) is 13.8. The van der Waals surface area contributed by atoms with E-state index in [1.807, 2.05) is 18.2 Å². The van der Waals surface area contributed by atoms with Gasteiger partial charge in [-0.3, -0.25) is 4.79 Å². The third-order valence-electron chi connectivity index (χ3n) is 4.12. The molecule has 0 saturated heterocycles. The normalized spacial score (nSPS) is 17.1. The number of hydrogen-bond donors (Lipinski definition) is 0. The maximum absolute atomic E-state index is 13.5. The maximum atomic E-state index is 13.5. The van der Waals surface area contributed by atoms with Gasteiger partial charge in [-0.2, -0.15) is 0 Å². The van der Waals surface area contributed by atoms with Crippen LogP contribution in [0.4, 0.5) is 4.39 Å². The number of carbonyl (C=O) groups excluding carboxylic acids is 1. The molecule has 21 heavy (non-hydrogen) atoms. The zero-order valence-corrected chi connectivity index (χ0v) is 11.9. The van der Waals surface area contributed by atoms with Crippen molar-refractivity contribution in [1.82, 2.24) is 0 Å². The molecule has 0 radical (unpaired) electrons. The molecule has 0 heterocycles. The van der Waals surface area contributed by atoms with E-state index in [0.29, 0.717) is 5.56 Å². The van der Waals surface area contributed by atoms with Crippen molar-refractivity contribution in [2.45, 2.75) is 25.2 Å². The zero-order valence-electron chi connectivity index (χ0n) is 11.9. The third-order valence-corrected chi connectivity index (χ3v) is 4.12. The minimum absolute atomic E-state index is 0.0421. The summed E-state index contributed by atoms with van der Waals surface area (Å²) in [7, 11) is 1.41. The average Bonchev–Trinajstić information content (AvgIpc) is 2.54. The number of rotatable bonds is 3. The Kier molecular flexibility index (Phi) is 3.74. The van der Waals surface area contributed by atoms with Crippen LogP contribution in [0.3, 0.4) is 0 Å². The van der Waals surface area contributed by atoms with Gasteiger partial charge in [0.05, 0.1) is 7.11 Å². The summed E-state index contributed by atoms with van der Waals surface area (Å²) in [5.74, 6) is -0.423. The van der Waals surface area contributed by atoms with Gasteiger partial charge in [-0.15, -0.1) is 0 Å². The molecule has 3 heteroatoms. The van der Waals surface area contributed by atoms with Crippen molar-refractivity contribution in [3.63, 3.8) is 0 Å². The van der Waals surface area contributed by atoms with E-state index in [0.717, 1.165) is 24.8 Å². The Bertz CT molecular complexity index is 679. The molecular formula is C18H17FO2. The van der Waals surface area contributed by atoms with Crippen LogP contribution in [0.5, 0.6) is 5.75 Å². The molecule has 3 rings (SSSR count). The highest BCUT2D eigenvalue weighted by Crippen LogP contribution is 2.34. The van der Waals surface area contributed by atoms with E-state index in [1.165, 1.54) is 30.9 Å². The molecule has 0 N–H and O–H groups in total. The molecule has 1 aliphatic rings. The van der Waals surface area contributed by atoms with Gasteiger partial charge in [0, 0.05) is 11.5 Å². The molecule has 0 saturated carbocycles. The quantitative estimate of drug-likeness (QED) is 0.792. The van der Waals surface area contributed by atoms with Crippen molar-refractivity contribution in [2.24, 2.45) is 0 Å². The molecule has 2 nitrogen and oxygen atoms in total. The lowest BCUT2D eigenvalue weighted by Gasteiger charge is -2.24. The number of benzene rings is 2. The fraction of sp³-hybridized carbons (Fsp3) is 0.278. The highest BCUT2D eigenvalue weighted by atomic mass is 19.1. The van der Waals surface area contributed by atoms with E-state index in [2.05, 4.69) is 6.07 Å². The molecule has 1 unspecified atom stereocenters. The fourth-order valence-corrected chi connectivity index (χ4v) is 3.04. The number of aryl methyl sites for hydroxylation is 1. The molecule has 1 atom stereocenters. The molecule has 0 aromatic heterocycles. The van der Waals surface area contributed by atoms with Gasteiger partial charge in [0.2, 0.25) is 0 Å². The molecular weight excluding hydrogens is 267 g/mol. The van der Waals surface area contributed by atoms with Crippen LogP contribution in [0, 0.1) is 5.82 Å². The first-order valence-corrected chi connectivity index (χ1v) is 7.16. The third kappa shape index (κ3) is 2.56. The Morgan fingerprint density at radius 2 is 2.05 bits per heavy atom. The van der Waals surface area contributed by atoms with Gasteiger partial charge in [-0.1, -0.05) is 24.3 Å². The second kappa shape index (κ2) is 5.68. The topological polar surface area (TPSA) is 26.3 Å². The Hall–Kier alpha value is -2.16. The summed E-state index contributed by atoms with van der Waals surface area (Å²) >= 11 is 0. The fourth-order valence-electron chi connectivity index (χ4n) is 3.04. The van der Waals surface area contributed by atoms with Gasteiger partial charge < -0.3 is 4.74 Å². The van der Waals surface area contributed by atoms with Crippen LogP contribution >= 0.6 is 0 Å². The second-order valence-electron chi connectivity index (χ2n) is 5.36. The number of halogens is 1.